The van der Waals surface area contributed by atoms with Crippen molar-refractivity contribution in [3.05, 3.63) is 128 Å². The lowest BCUT2D eigenvalue weighted by Crippen LogP contribution is -1.71. The number of rotatable bonds is 0. The van der Waals surface area contributed by atoms with Crippen molar-refractivity contribution >= 4 is 32.3 Å². The summed E-state index contributed by atoms with van der Waals surface area (Å²) in [6.07, 6.45) is 11.0. The van der Waals surface area contributed by atoms with E-state index in [1.807, 2.05) is 91.8 Å². The van der Waals surface area contributed by atoms with Gasteiger partial charge in [-0.3, -0.25) is 15.0 Å². The number of nitrogens with zero attached hydrogens (tertiary/aromatic N) is 3. The summed E-state index contributed by atoms with van der Waals surface area (Å²) in [7, 11) is 0. The van der Waals surface area contributed by atoms with Crippen LogP contribution in [0.5, 0.6) is 0 Å². The lowest BCUT2D eigenvalue weighted by molar-refractivity contribution is 1.36. The van der Waals surface area contributed by atoms with E-state index in [4.69, 9.17) is 0 Å². The fourth-order valence-electron chi connectivity index (χ4n) is 3.08. The van der Waals surface area contributed by atoms with Crippen LogP contribution in [0.2, 0.25) is 0 Å². The first kappa shape index (κ1) is 19.2. The van der Waals surface area contributed by atoms with Gasteiger partial charge in [0.1, 0.15) is 0 Å². The van der Waals surface area contributed by atoms with Crippen molar-refractivity contribution in [1.29, 1.82) is 0 Å². The molecule has 0 aliphatic rings. The van der Waals surface area contributed by atoms with Crippen LogP contribution in [0.25, 0.3) is 32.3 Å². The third kappa shape index (κ3) is 5.03. The first-order valence-corrected chi connectivity index (χ1v) is 9.76. The van der Waals surface area contributed by atoms with Gasteiger partial charge in [-0.1, -0.05) is 72.8 Å². The van der Waals surface area contributed by atoms with E-state index in [1.54, 1.807) is 0 Å². The minimum Gasteiger partial charge on any atom is -0.264 e. The maximum absolute atomic E-state index is 4.01. The summed E-state index contributed by atoms with van der Waals surface area (Å²) < 4.78 is 0. The van der Waals surface area contributed by atoms with Gasteiger partial charge < -0.3 is 0 Å². The van der Waals surface area contributed by atoms with Gasteiger partial charge >= 0.3 is 0 Å². The van der Waals surface area contributed by atoms with Crippen molar-refractivity contribution < 1.29 is 0 Å². The van der Waals surface area contributed by atoms with Gasteiger partial charge in [0.25, 0.3) is 0 Å². The highest BCUT2D eigenvalue weighted by Crippen LogP contribution is 2.11. The highest BCUT2D eigenvalue weighted by Gasteiger charge is 1.87. The van der Waals surface area contributed by atoms with Gasteiger partial charge in [0, 0.05) is 37.2 Å². The van der Waals surface area contributed by atoms with Gasteiger partial charge in [-0.25, -0.2) is 0 Å². The first-order valence-electron chi connectivity index (χ1n) is 9.76. The summed E-state index contributed by atoms with van der Waals surface area (Å²) in [5.74, 6) is 0. The van der Waals surface area contributed by atoms with E-state index in [1.165, 1.54) is 32.3 Å². The van der Waals surface area contributed by atoms with E-state index in [-0.39, 0.29) is 0 Å². The van der Waals surface area contributed by atoms with Gasteiger partial charge in [-0.05, 0) is 50.5 Å². The third-order valence-corrected chi connectivity index (χ3v) is 4.65. The number of aromatic nitrogens is 3. The molecule has 0 aliphatic carbocycles. The lowest BCUT2D eigenvalue weighted by atomic mass is 10.2. The molecule has 144 valence electrons. The zero-order valence-corrected chi connectivity index (χ0v) is 16.5. The molecule has 6 aromatic rings. The summed E-state index contributed by atoms with van der Waals surface area (Å²) in [5, 5.41) is 7.34. The molecular formula is C27H21N3. The van der Waals surface area contributed by atoms with Crippen molar-refractivity contribution in [2.24, 2.45) is 0 Å². The van der Waals surface area contributed by atoms with Crippen molar-refractivity contribution in [3.8, 4) is 0 Å². The number of hydrogen-bond acceptors (Lipinski definition) is 3. The fourth-order valence-corrected chi connectivity index (χ4v) is 3.08. The first-order chi connectivity index (χ1) is 14.9. The maximum Gasteiger partial charge on any atom is 0.0346 e. The van der Waals surface area contributed by atoms with Gasteiger partial charge in [0.15, 0.2) is 0 Å². The molecule has 0 unspecified atom stereocenters. The number of pyridine rings is 3. The van der Waals surface area contributed by atoms with Crippen LogP contribution in [0, 0.1) is 0 Å². The lowest BCUT2D eigenvalue weighted by Gasteiger charge is -1.91. The average molecular weight is 387 g/mol. The molecule has 0 bridgehead atoms. The topological polar surface area (TPSA) is 38.7 Å². The Morgan fingerprint density at radius 3 is 0.833 bits per heavy atom. The van der Waals surface area contributed by atoms with Crippen molar-refractivity contribution in [1.82, 2.24) is 15.0 Å². The highest BCUT2D eigenvalue weighted by molar-refractivity contribution is 5.82. The molecule has 0 amide bonds. The maximum atomic E-state index is 4.01. The molecular weight excluding hydrogens is 366 g/mol. The van der Waals surface area contributed by atoms with Crippen LogP contribution in [0.15, 0.2) is 128 Å². The van der Waals surface area contributed by atoms with Gasteiger partial charge in [0.05, 0.1) is 0 Å². The predicted octanol–water partition coefficient (Wildman–Crippen LogP) is 6.70. The largest absolute Gasteiger partial charge is 0.264 e. The molecule has 0 aliphatic heterocycles. The van der Waals surface area contributed by atoms with Crippen LogP contribution in [0.1, 0.15) is 0 Å². The summed E-state index contributed by atoms with van der Waals surface area (Å²) in [4.78, 5) is 12.0. The summed E-state index contributed by atoms with van der Waals surface area (Å²) in [6.45, 7) is 0. The second kappa shape index (κ2) is 9.89. The predicted molar refractivity (Wildman–Crippen MR) is 125 cm³/mol. The monoisotopic (exact) mass is 387 g/mol. The molecule has 3 nitrogen and oxygen atoms in total. The molecule has 30 heavy (non-hydrogen) atoms. The van der Waals surface area contributed by atoms with Crippen molar-refractivity contribution in [3.63, 3.8) is 0 Å². The number of fused-ring (bicyclic) bond motifs is 3. The second-order valence-corrected chi connectivity index (χ2v) is 6.67. The summed E-state index contributed by atoms with van der Waals surface area (Å²) >= 11 is 0. The number of hydrogen-bond donors (Lipinski definition) is 0. The molecule has 0 spiro atoms. The van der Waals surface area contributed by atoms with Gasteiger partial charge in [-0.2, -0.15) is 0 Å². The van der Waals surface area contributed by atoms with E-state index >= 15 is 0 Å². The zero-order valence-electron chi connectivity index (χ0n) is 16.5. The van der Waals surface area contributed by atoms with E-state index in [2.05, 4.69) is 51.4 Å². The molecule has 6 rings (SSSR count). The molecule has 0 fully saturated rings. The SMILES string of the molecule is c1ccc2cnccc2c1.c1ccc2cnccc2c1.c1ccc2cnccc2c1. The highest BCUT2D eigenvalue weighted by atomic mass is 14.6. The Hall–Kier alpha value is -4.11. The van der Waals surface area contributed by atoms with E-state index in [9.17, 15) is 0 Å². The van der Waals surface area contributed by atoms with Crippen molar-refractivity contribution in [2.75, 3.05) is 0 Å². The second-order valence-electron chi connectivity index (χ2n) is 6.67. The Kier molecular flexibility index (Phi) is 6.34. The quantitative estimate of drug-likeness (QED) is 0.291. The molecule has 3 heteroatoms. The molecule has 3 heterocycles. The molecule has 0 atom stereocenters. The smallest absolute Gasteiger partial charge is 0.0346 e. The van der Waals surface area contributed by atoms with Crippen LogP contribution >= 0.6 is 0 Å². The van der Waals surface area contributed by atoms with Crippen LogP contribution in [0.4, 0.5) is 0 Å². The molecule has 3 aromatic carbocycles. The minimum absolute atomic E-state index is 1.20. The summed E-state index contributed by atoms with van der Waals surface area (Å²) in [6, 6.07) is 30.6. The standard InChI is InChI=1S/3C9H7N/c3*1-2-4-9-7-10-6-5-8(9)3-1/h3*1-7H. The Morgan fingerprint density at radius 2 is 0.567 bits per heavy atom. The molecule has 0 N–H and O–H groups in total. The Morgan fingerprint density at radius 1 is 0.300 bits per heavy atom. The van der Waals surface area contributed by atoms with E-state index in [0.29, 0.717) is 0 Å². The van der Waals surface area contributed by atoms with Crippen LogP contribution < -0.4 is 0 Å². The Labute approximate surface area is 175 Å². The molecule has 0 radical (unpaired) electrons. The Bertz CT molecular complexity index is 997. The molecule has 0 saturated heterocycles. The average Bonchev–Trinajstić information content (AvgIpc) is 2.85. The third-order valence-electron chi connectivity index (χ3n) is 4.65. The fraction of sp³-hybridized carbons (Fsp3) is 0. The van der Waals surface area contributed by atoms with E-state index in [0.717, 1.165) is 0 Å². The molecule has 3 aromatic heterocycles. The zero-order chi connectivity index (χ0) is 20.4. The van der Waals surface area contributed by atoms with Crippen molar-refractivity contribution in [2.45, 2.75) is 0 Å². The summed E-state index contributed by atoms with van der Waals surface area (Å²) in [5.41, 5.74) is 0. The van der Waals surface area contributed by atoms with Crippen LogP contribution in [-0.4, -0.2) is 15.0 Å². The number of benzene rings is 3. The van der Waals surface area contributed by atoms with Gasteiger partial charge in [0.2, 0.25) is 0 Å². The Balaban J connectivity index is 0.000000109. The van der Waals surface area contributed by atoms with Gasteiger partial charge in [-0.15, -0.1) is 0 Å². The minimum atomic E-state index is 1.20. The normalized spacial score (nSPS) is 10.0. The molecule has 0 saturated carbocycles. The van der Waals surface area contributed by atoms with E-state index < -0.39 is 0 Å². The van der Waals surface area contributed by atoms with Crippen LogP contribution in [-0.2, 0) is 0 Å². The van der Waals surface area contributed by atoms with Crippen LogP contribution in [0.3, 0.4) is 0 Å².